The summed E-state index contributed by atoms with van der Waals surface area (Å²) in [6.45, 7) is 3.76. The van der Waals surface area contributed by atoms with Crippen molar-refractivity contribution < 1.29 is 19.1 Å². The molecule has 3 N–H and O–H groups in total. The maximum absolute atomic E-state index is 12.7. The zero-order valence-corrected chi connectivity index (χ0v) is 16.7. The van der Waals surface area contributed by atoms with Crippen molar-refractivity contribution in [1.82, 2.24) is 5.32 Å². The van der Waals surface area contributed by atoms with Crippen molar-refractivity contribution in [1.29, 1.82) is 0 Å². The Morgan fingerprint density at radius 2 is 1.86 bits per heavy atom. The topological polar surface area (TPSA) is 96.5 Å². The second-order valence-corrected chi connectivity index (χ2v) is 7.52. The van der Waals surface area contributed by atoms with Crippen molar-refractivity contribution in [2.45, 2.75) is 32.7 Å². The molecular formula is C20H23N3O4S. The molecule has 7 nitrogen and oxygen atoms in total. The van der Waals surface area contributed by atoms with Gasteiger partial charge in [-0.3, -0.25) is 9.59 Å². The van der Waals surface area contributed by atoms with Crippen LogP contribution in [0.1, 0.15) is 45.4 Å². The Morgan fingerprint density at radius 3 is 2.50 bits per heavy atom. The molecule has 0 radical (unpaired) electrons. The fraction of sp³-hybridized carbons (Fsp3) is 0.350. The van der Waals surface area contributed by atoms with E-state index in [1.165, 1.54) is 0 Å². The molecule has 148 valence electrons. The predicted octanol–water partition coefficient (Wildman–Crippen LogP) is 3.18. The van der Waals surface area contributed by atoms with Crippen molar-refractivity contribution in [2.75, 3.05) is 23.8 Å². The largest absolute Gasteiger partial charge is 0.462 e. The van der Waals surface area contributed by atoms with E-state index in [-0.39, 0.29) is 30.5 Å². The van der Waals surface area contributed by atoms with E-state index in [9.17, 15) is 14.4 Å². The van der Waals surface area contributed by atoms with Crippen molar-refractivity contribution in [3.8, 4) is 0 Å². The van der Waals surface area contributed by atoms with E-state index in [1.54, 1.807) is 26.0 Å². The van der Waals surface area contributed by atoms with Gasteiger partial charge in [0.1, 0.15) is 5.00 Å². The first-order chi connectivity index (χ1) is 13.5. The number of hydrogen-bond donors (Lipinski definition) is 3. The fourth-order valence-corrected chi connectivity index (χ4v) is 3.78. The average molecular weight is 401 g/mol. The average Bonchev–Trinajstić information content (AvgIpc) is 3.44. The Labute approximate surface area is 167 Å². The second-order valence-electron chi connectivity index (χ2n) is 6.50. The number of thiophene rings is 1. The Balaban J connectivity index is 1.82. The lowest BCUT2D eigenvalue weighted by molar-refractivity contribution is -0.115. The lowest BCUT2D eigenvalue weighted by atomic mass is 10.1. The molecule has 1 aromatic carbocycles. The lowest BCUT2D eigenvalue weighted by Crippen LogP contribution is -2.29. The van der Waals surface area contributed by atoms with Gasteiger partial charge in [-0.15, -0.1) is 11.3 Å². The minimum atomic E-state index is -0.555. The van der Waals surface area contributed by atoms with E-state index in [0.717, 1.165) is 24.2 Å². The molecule has 28 heavy (non-hydrogen) atoms. The van der Waals surface area contributed by atoms with Crippen molar-refractivity contribution in [3.63, 3.8) is 0 Å². The van der Waals surface area contributed by atoms with Gasteiger partial charge >= 0.3 is 5.97 Å². The van der Waals surface area contributed by atoms with Crippen molar-refractivity contribution in [3.05, 3.63) is 46.3 Å². The third kappa shape index (κ3) is 4.96. The van der Waals surface area contributed by atoms with Crippen LogP contribution in [0.5, 0.6) is 0 Å². The molecular weight excluding hydrogens is 378 g/mol. The van der Waals surface area contributed by atoms with Crippen LogP contribution in [0.15, 0.2) is 30.3 Å². The maximum Gasteiger partial charge on any atom is 0.341 e. The molecule has 1 aliphatic rings. The van der Waals surface area contributed by atoms with Gasteiger partial charge in [0.05, 0.1) is 23.6 Å². The molecule has 0 bridgehead atoms. The van der Waals surface area contributed by atoms with E-state index in [2.05, 4.69) is 16.0 Å². The zero-order valence-electron chi connectivity index (χ0n) is 15.8. The van der Waals surface area contributed by atoms with Gasteiger partial charge in [-0.05, 0) is 44.4 Å². The van der Waals surface area contributed by atoms with Crippen LogP contribution in [0.3, 0.4) is 0 Å². The molecule has 0 spiro atoms. The van der Waals surface area contributed by atoms with Crippen LogP contribution in [0, 0.1) is 6.92 Å². The SMILES string of the molecule is CCOC(=O)c1c(NC(=O)CNC2CC2)sc(C(=O)Nc2ccccc2)c1C. The van der Waals surface area contributed by atoms with Gasteiger partial charge in [0.25, 0.3) is 5.91 Å². The smallest absolute Gasteiger partial charge is 0.341 e. The Bertz CT molecular complexity index is 875. The molecule has 1 fully saturated rings. The van der Waals surface area contributed by atoms with Crippen LogP contribution in [0.25, 0.3) is 0 Å². The number of ether oxygens (including phenoxy) is 1. The number of benzene rings is 1. The molecule has 0 saturated heterocycles. The minimum absolute atomic E-state index is 0.162. The summed E-state index contributed by atoms with van der Waals surface area (Å²) < 4.78 is 5.12. The lowest BCUT2D eigenvalue weighted by Gasteiger charge is -2.07. The van der Waals surface area contributed by atoms with E-state index in [0.29, 0.717) is 27.2 Å². The van der Waals surface area contributed by atoms with Crippen molar-refractivity contribution >= 4 is 39.8 Å². The monoisotopic (exact) mass is 401 g/mol. The molecule has 2 amide bonds. The highest BCUT2D eigenvalue weighted by molar-refractivity contribution is 7.18. The molecule has 1 aliphatic carbocycles. The van der Waals surface area contributed by atoms with E-state index < -0.39 is 5.97 Å². The number of rotatable bonds is 8. The summed E-state index contributed by atoms with van der Waals surface area (Å²) in [5, 5.41) is 9.01. The standard InChI is InChI=1S/C20H23N3O4S/c1-3-27-20(26)16-12(2)17(18(25)22-14-7-5-4-6-8-14)28-19(16)23-15(24)11-21-13-9-10-13/h4-8,13,21H,3,9-11H2,1-2H3,(H,22,25)(H,23,24). The maximum atomic E-state index is 12.7. The van der Waals surface area contributed by atoms with Crippen molar-refractivity contribution in [2.24, 2.45) is 0 Å². The van der Waals surface area contributed by atoms with Gasteiger partial charge < -0.3 is 20.7 Å². The van der Waals surface area contributed by atoms with Crippen LogP contribution < -0.4 is 16.0 Å². The van der Waals surface area contributed by atoms with Gasteiger partial charge in [-0.1, -0.05) is 18.2 Å². The molecule has 0 atom stereocenters. The molecule has 0 aliphatic heterocycles. The normalized spacial score (nSPS) is 13.1. The second kappa shape index (κ2) is 8.99. The highest BCUT2D eigenvalue weighted by Gasteiger charge is 2.27. The zero-order chi connectivity index (χ0) is 20.1. The van der Waals surface area contributed by atoms with Gasteiger partial charge in [0.2, 0.25) is 5.91 Å². The number of para-hydroxylation sites is 1. The summed E-state index contributed by atoms with van der Waals surface area (Å²) in [7, 11) is 0. The summed E-state index contributed by atoms with van der Waals surface area (Å²) in [6, 6.07) is 9.44. The third-order valence-corrected chi connectivity index (χ3v) is 5.45. The summed E-state index contributed by atoms with van der Waals surface area (Å²) in [5.74, 6) is -1.15. The van der Waals surface area contributed by atoms with Crippen LogP contribution in [-0.4, -0.2) is 37.0 Å². The Morgan fingerprint density at radius 1 is 1.14 bits per heavy atom. The minimum Gasteiger partial charge on any atom is -0.462 e. The summed E-state index contributed by atoms with van der Waals surface area (Å²) in [5.41, 5.74) is 1.37. The van der Waals surface area contributed by atoms with E-state index in [4.69, 9.17) is 4.74 Å². The number of nitrogens with one attached hydrogen (secondary N) is 3. The van der Waals surface area contributed by atoms with Crippen LogP contribution >= 0.6 is 11.3 Å². The van der Waals surface area contributed by atoms with Gasteiger partial charge in [-0.25, -0.2) is 4.79 Å². The third-order valence-electron chi connectivity index (χ3n) is 4.25. The summed E-state index contributed by atoms with van der Waals surface area (Å²) in [4.78, 5) is 37.7. The molecule has 1 heterocycles. The van der Waals surface area contributed by atoms with E-state index in [1.807, 2.05) is 18.2 Å². The summed E-state index contributed by atoms with van der Waals surface area (Å²) >= 11 is 1.07. The number of carbonyl (C=O) groups is 3. The number of carbonyl (C=O) groups excluding carboxylic acids is 3. The number of anilines is 2. The molecule has 1 aromatic heterocycles. The first kappa shape index (κ1) is 20.0. The van der Waals surface area contributed by atoms with Gasteiger partial charge in [0.15, 0.2) is 0 Å². The van der Waals surface area contributed by atoms with Crippen LogP contribution in [-0.2, 0) is 9.53 Å². The summed E-state index contributed by atoms with van der Waals surface area (Å²) in [6.07, 6.45) is 2.15. The quantitative estimate of drug-likeness (QED) is 0.591. The molecule has 1 saturated carbocycles. The molecule has 8 heteroatoms. The Kier molecular flexibility index (Phi) is 6.43. The Hall–Kier alpha value is -2.71. The van der Waals surface area contributed by atoms with Crippen LogP contribution in [0.4, 0.5) is 10.7 Å². The molecule has 2 aromatic rings. The number of esters is 1. The molecule has 0 unspecified atom stereocenters. The number of amides is 2. The van der Waals surface area contributed by atoms with Gasteiger partial charge in [-0.2, -0.15) is 0 Å². The first-order valence-corrected chi connectivity index (χ1v) is 10.0. The predicted molar refractivity (Wildman–Crippen MR) is 109 cm³/mol. The van der Waals surface area contributed by atoms with E-state index >= 15 is 0 Å². The fourth-order valence-electron chi connectivity index (χ4n) is 2.67. The highest BCUT2D eigenvalue weighted by atomic mass is 32.1. The van der Waals surface area contributed by atoms with Gasteiger partial charge in [0, 0.05) is 11.7 Å². The van der Waals surface area contributed by atoms with Crippen LogP contribution in [0.2, 0.25) is 0 Å². The molecule has 3 rings (SSSR count). The highest BCUT2D eigenvalue weighted by Crippen LogP contribution is 2.34. The first-order valence-electron chi connectivity index (χ1n) is 9.19. The number of hydrogen-bond acceptors (Lipinski definition) is 6.